The molecule has 31 heavy (non-hydrogen) atoms. The van der Waals surface area contributed by atoms with Crippen LogP contribution in [0.25, 0.3) is 10.2 Å². The number of aryl methyl sites for hydroxylation is 1. The van der Waals surface area contributed by atoms with Crippen molar-refractivity contribution in [2.75, 3.05) is 31.1 Å². The van der Waals surface area contributed by atoms with E-state index in [0.717, 1.165) is 51.8 Å². The molecule has 0 spiro atoms. The molecule has 1 amide bonds. The lowest BCUT2D eigenvalue weighted by molar-refractivity contribution is 0.0745. The van der Waals surface area contributed by atoms with Gasteiger partial charge in [0.05, 0.1) is 23.2 Å². The second-order valence-electron chi connectivity index (χ2n) is 7.81. The Bertz CT molecular complexity index is 1220. The molecule has 1 aliphatic heterocycles. The minimum absolute atomic E-state index is 0.100. The second kappa shape index (κ2) is 8.11. The third-order valence-corrected chi connectivity index (χ3v) is 6.78. The maximum Gasteiger partial charge on any atom is 0.255 e. The molecule has 4 aromatic heterocycles. The van der Waals surface area contributed by atoms with Gasteiger partial charge in [0.2, 0.25) is 0 Å². The van der Waals surface area contributed by atoms with Gasteiger partial charge in [-0.25, -0.2) is 9.97 Å². The Kier molecular flexibility index (Phi) is 5.15. The Morgan fingerprint density at radius 1 is 1.06 bits per heavy atom. The van der Waals surface area contributed by atoms with Gasteiger partial charge in [0.15, 0.2) is 0 Å². The van der Waals surface area contributed by atoms with E-state index < -0.39 is 0 Å². The first-order valence-corrected chi connectivity index (χ1v) is 11.3. The summed E-state index contributed by atoms with van der Waals surface area (Å²) in [6.45, 7) is 7.63. The predicted octanol–water partition coefficient (Wildman–Crippen LogP) is 3.52. The van der Waals surface area contributed by atoms with Crippen molar-refractivity contribution in [3.63, 3.8) is 0 Å². The number of aromatic nitrogens is 4. The van der Waals surface area contributed by atoms with Crippen LogP contribution in [0.1, 0.15) is 27.4 Å². The number of carbonyl (C=O) groups excluding carboxylic acids is 1. The van der Waals surface area contributed by atoms with Gasteiger partial charge in [0.25, 0.3) is 5.91 Å². The fourth-order valence-electron chi connectivity index (χ4n) is 4.24. The molecule has 0 unspecified atom stereocenters. The highest BCUT2D eigenvalue weighted by Gasteiger charge is 2.26. The molecule has 1 fully saturated rings. The molecule has 4 aromatic rings. The van der Waals surface area contributed by atoms with Crippen molar-refractivity contribution >= 4 is 33.3 Å². The van der Waals surface area contributed by atoms with Gasteiger partial charge in [0, 0.05) is 43.8 Å². The Labute approximate surface area is 185 Å². The van der Waals surface area contributed by atoms with Gasteiger partial charge < -0.3 is 14.4 Å². The van der Waals surface area contributed by atoms with Crippen molar-refractivity contribution in [3.05, 3.63) is 70.9 Å². The standard InChI is InChI=1S/C23H24N6OS/c1-16-13-20(17(2)29(16)14-18-5-3-4-7-24-18)23(30)28-10-8-27(9-11-28)21-19-6-12-31-22(19)26-15-25-21/h3-7,12-13,15H,8-11,14H2,1-2H3. The first-order valence-electron chi connectivity index (χ1n) is 10.4. The maximum atomic E-state index is 13.3. The molecule has 7 nitrogen and oxygen atoms in total. The summed E-state index contributed by atoms with van der Waals surface area (Å²) in [5, 5.41) is 3.13. The Morgan fingerprint density at radius 2 is 1.90 bits per heavy atom. The number of anilines is 1. The second-order valence-corrected chi connectivity index (χ2v) is 8.70. The fraction of sp³-hybridized carbons (Fsp3) is 0.304. The minimum Gasteiger partial charge on any atom is -0.352 e. The number of nitrogens with zero attached hydrogens (tertiary/aromatic N) is 6. The van der Waals surface area contributed by atoms with Crippen LogP contribution >= 0.6 is 11.3 Å². The molecular weight excluding hydrogens is 408 g/mol. The van der Waals surface area contributed by atoms with Crippen molar-refractivity contribution < 1.29 is 4.79 Å². The number of hydrogen-bond acceptors (Lipinski definition) is 6. The Morgan fingerprint density at radius 3 is 2.68 bits per heavy atom. The highest BCUT2D eigenvalue weighted by atomic mass is 32.1. The van der Waals surface area contributed by atoms with E-state index in [1.165, 1.54) is 0 Å². The van der Waals surface area contributed by atoms with Crippen molar-refractivity contribution in [1.29, 1.82) is 0 Å². The molecular formula is C23H24N6OS. The molecule has 5 heterocycles. The summed E-state index contributed by atoms with van der Waals surface area (Å²) in [4.78, 5) is 31.8. The van der Waals surface area contributed by atoms with E-state index in [1.54, 1.807) is 23.9 Å². The van der Waals surface area contributed by atoms with E-state index in [4.69, 9.17) is 0 Å². The summed E-state index contributed by atoms with van der Waals surface area (Å²) in [6.07, 6.45) is 3.43. The van der Waals surface area contributed by atoms with Crippen molar-refractivity contribution in [2.24, 2.45) is 0 Å². The zero-order valence-corrected chi connectivity index (χ0v) is 18.5. The molecule has 0 bridgehead atoms. The summed E-state index contributed by atoms with van der Waals surface area (Å²) in [5.74, 6) is 1.07. The first-order chi connectivity index (χ1) is 15.1. The van der Waals surface area contributed by atoms with E-state index in [-0.39, 0.29) is 5.91 Å². The van der Waals surface area contributed by atoms with Crippen LogP contribution in [0, 0.1) is 13.8 Å². The average Bonchev–Trinajstić information content (AvgIpc) is 3.39. The third-order valence-electron chi connectivity index (χ3n) is 5.96. The number of hydrogen-bond donors (Lipinski definition) is 0. The Hall–Kier alpha value is -3.26. The van der Waals surface area contributed by atoms with Crippen LogP contribution < -0.4 is 4.90 Å². The lowest BCUT2D eigenvalue weighted by Gasteiger charge is -2.35. The van der Waals surface area contributed by atoms with Gasteiger partial charge in [-0.3, -0.25) is 9.78 Å². The lowest BCUT2D eigenvalue weighted by Crippen LogP contribution is -2.49. The van der Waals surface area contributed by atoms with E-state index in [2.05, 4.69) is 30.5 Å². The number of amides is 1. The van der Waals surface area contributed by atoms with Gasteiger partial charge in [-0.2, -0.15) is 0 Å². The van der Waals surface area contributed by atoms with Crippen LogP contribution in [-0.2, 0) is 6.54 Å². The monoisotopic (exact) mass is 432 g/mol. The van der Waals surface area contributed by atoms with Gasteiger partial charge in [-0.1, -0.05) is 6.07 Å². The number of carbonyl (C=O) groups is 1. The summed E-state index contributed by atoms with van der Waals surface area (Å²) in [6, 6.07) is 9.99. The molecule has 1 saturated heterocycles. The minimum atomic E-state index is 0.100. The van der Waals surface area contributed by atoms with E-state index in [1.807, 2.05) is 48.4 Å². The largest absolute Gasteiger partial charge is 0.352 e. The summed E-state index contributed by atoms with van der Waals surface area (Å²) >= 11 is 1.62. The SMILES string of the molecule is Cc1cc(C(=O)N2CCN(c3ncnc4sccc34)CC2)c(C)n1Cc1ccccn1. The van der Waals surface area contributed by atoms with E-state index in [9.17, 15) is 4.79 Å². The fourth-order valence-corrected chi connectivity index (χ4v) is 4.96. The predicted molar refractivity (Wildman–Crippen MR) is 123 cm³/mol. The molecule has 5 rings (SSSR count). The highest BCUT2D eigenvalue weighted by molar-refractivity contribution is 7.16. The molecule has 0 aliphatic carbocycles. The number of rotatable bonds is 4. The summed E-state index contributed by atoms with van der Waals surface area (Å²) in [7, 11) is 0. The zero-order chi connectivity index (χ0) is 21.4. The van der Waals surface area contributed by atoms with Gasteiger partial charge in [-0.05, 0) is 43.5 Å². The van der Waals surface area contributed by atoms with Gasteiger partial charge in [0.1, 0.15) is 17.0 Å². The Balaban J connectivity index is 1.31. The topological polar surface area (TPSA) is 67.2 Å². The average molecular weight is 433 g/mol. The van der Waals surface area contributed by atoms with Crippen LogP contribution in [-0.4, -0.2) is 56.5 Å². The van der Waals surface area contributed by atoms with Crippen molar-refractivity contribution in [2.45, 2.75) is 20.4 Å². The molecule has 8 heteroatoms. The van der Waals surface area contributed by atoms with Crippen LogP contribution in [0.5, 0.6) is 0 Å². The highest BCUT2D eigenvalue weighted by Crippen LogP contribution is 2.28. The van der Waals surface area contributed by atoms with Crippen molar-refractivity contribution in [3.8, 4) is 0 Å². The normalized spacial score (nSPS) is 14.4. The quantitative estimate of drug-likeness (QED) is 0.494. The summed E-state index contributed by atoms with van der Waals surface area (Å²) < 4.78 is 2.17. The number of thiophene rings is 1. The molecule has 0 atom stereocenters. The number of fused-ring (bicyclic) bond motifs is 1. The number of pyridine rings is 1. The van der Waals surface area contributed by atoms with Crippen LogP contribution in [0.2, 0.25) is 0 Å². The molecule has 0 radical (unpaired) electrons. The molecule has 0 saturated carbocycles. The smallest absolute Gasteiger partial charge is 0.255 e. The third kappa shape index (κ3) is 3.67. The zero-order valence-electron chi connectivity index (χ0n) is 17.7. The number of piperazine rings is 1. The van der Waals surface area contributed by atoms with Gasteiger partial charge in [-0.15, -0.1) is 11.3 Å². The molecule has 1 aliphatic rings. The van der Waals surface area contributed by atoms with Crippen molar-refractivity contribution in [1.82, 2.24) is 24.4 Å². The van der Waals surface area contributed by atoms with E-state index in [0.29, 0.717) is 19.6 Å². The molecule has 0 aromatic carbocycles. The lowest BCUT2D eigenvalue weighted by atomic mass is 10.2. The van der Waals surface area contributed by atoms with Gasteiger partial charge >= 0.3 is 0 Å². The maximum absolute atomic E-state index is 13.3. The van der Waals surface area contributed by atoms with Crippen LogP contribution in [0.4, 0.5) is 5.82 Å². The molecule has 158 valence electrons. The van der Waals surface area contributed by atoms with Crippen LogP contribution in [0.3, 0.4) is 0 Å². The van der Waals surface area contributed by atoms with E-state index >= 15 is 0 Å². The first kappa shape index (κ1) is 19.7. The van der Waals surface area contributed by atoms with Crippen LogP contribution in [0.15, 0.2) is 48.2 Å². The molecule has 0 N–H and O–H groups in total. The summed E-state index contributed by atoms with van der Waals surface area (Å²) in [5.41, 5.74) is 3.84.